The van der Waals surface area contributed by atoms with Crippen molar-refractivity contribution in [2.24, 2.45) is 5.41 Å². The molecule has 5 rings (SSSR count). The number of fused-ring (bicyclic) bond motifs is 3. The first-order valence-corrected chi connectivity index (χ1v) is 13.1. The second-order valence-corrected chi connectivity index (χ2v) is 11.3. The maximum absolute atomic E-state index is 15.8. The average molecular weight is 518 g/mol. The van der Waals surface area contributed by atoms with Crippen LogP contribution in [-0.4, -0.2) is 66.5 Å². The summed E-state index contributed by atoms with van der Waals surface area (Å²) in [6.45, 7) is 7.00. The van der Waals surface area contributed by atoms with Gasteiger partial charge in [-0.2, -0.15) is 0 Å². The predicted octanol–water partition coefficient (Wildman–Crippen LogP) is 6.20. The molecule has 2 aromatic carbocycles. The van der Waals surface area contributed by atoms with Crippen LogP contribution < -0.4 is 4.74 Å². The van der Waals surface area contributed by atoms with Crippen molar-refractivity contribution in [1.82, 2.24) is 14.8 Å². The van der Waals surface area contributed by atoms with E-state index in [1.54, 1.807) is 0 Å². The molecule has 1 N–H and O–H groups in total. The molecule has 8 heteroatoms. The van der Waals surface area contributed by atoms with E-state index in [-0.39, 0.29) is 30.1 Å². The number of nitrogens with zero attached hydrogens (tertiary/aromatic N) is 2. The van der Waals surface area contributed by atoms with Gasteiger partial charge in [-0.15, -0.1) is 0 Å². The van der Waals surface area contributed by atoms with E-state index in [4.69, 9.17) is 4.74 Å². The van der Waals surface area contributed by atoms with Crippen molar-refractivity contribution in [3.63, 3.8) is 0 Å². The molecule has 0 bridgehead atoms. The summed E-state index contributed by atoms with van der Waals surface area (Å²) in [7, 11) is 0. The highest BCUT2D eigenvalue weighted by atomic mass is 19.1. The number of para-hydroxylation sites is 1. The third-order valence-electron chi connectivity index (χ3n) is 7.65. The van der Waals surface area contributed by atoms with Crippen LogP contribution >= 0.6 is 0 Å². The molecule has 1 fully saturated rings. The van der Waals surface area contributed by atoms with Gasteiger partial charge in [-0.05, 0) is 31.4 Å². The van der Waals surface area contributed by atoms with Gasteiger partial charge >= 0.3 is 0 Å². The van der Waals surface area contributed by atoms with Crippen LogP contribution in [0.25, 0.3) is 10.9 Å². The second kappa shape index (κ2) is 10.3. The summed E-state index contributed by atoms with van der Waals surface area (Å²) in [6.07, 6.45) is 0.986. The molecular weight excluding hydrogens is 482 g/mol. The van der Waals surface area contributed by atoms with Gasteiger partial charge in [0.2, 0.25) is 0 Å². The molecule has 0 saturated carbocycles. The predicted molar refractivity (Wildman–Crippen MR) is 138 cm³/mol. The number of H-pyrrole nitrogens is 1. The Bertz CT molecular complexity index is 1230. The summed E-state index contributed by atoms with van der Waals surface area (Å²) in [5.74, 6) is -1.23. The zero-order valence-corrected chi connectivity index (χ0v) is 21.7. The number of rotatable bonds is 9. The lowest BCUT2D eigenvalue weighted by Crippen LogP contribution is -2.53. The highest BCUT2D eigenvalue weighted by molar-refractivity contribution is 5.85. The summed E-state index contributed by atoms with van der Waals surface area (Å²) in [5, 5.41) is 1.04. The Labute approximate surface area is 215 Å². The number of alkyl halides is 2. The van der Waals surface area contributed by atoms with Gasteiger partial charge in [0.15, 0.2) is 0 Å². The van der Waals surface area contributed by atoms with Crippen LogP contribution in [0.2, 0.25) is 0 Å². The lowest BCUT2D eigenvalue weighted by Gasteiger charge is -2.44. The molecular formula is C29H35F4N3O. The largest absolute Gasteiger partial charge is 0.488 e. The van der Waals surface area contributed by atoms with E-state index in [1.165, 1.54) is 12.1 Å². The van der Waals surface area contributed by atoms with Gasteiger partial charge in [0.05, 0.1) is 19.4 Å². The molecule has 4 nitrogen and oxygen atoms in total. The van der Waals surface area contributed by atoms with E-state index in [1.807, 2.05) is 49.9 Å². The number of hydrogen-bond donors (Lipinski definition) is 1. The first-order chi connectivity index (χ1) is 17.7. The molecule has 0 spiro atoms. The van der Waals surface area contributed by atoms with Crippen molar-refractivity contribution in [3.05, 3.63) is 64.9 Å². The SMILES string of the molecule is C[C@@H]1Cc2c([nH]c3ccccc23)C(c2c(F)cc(OC3CN(CCCF)C3)cc2F)N1CC(C)(C)CF. The number of ether oxygens (including phenoxy) is 1. The van der Waals surface area contributed by atoms with Crippen LogP contribution in [0, 0.1) is 17.0 Å². The van der Waals surface area contributed by atoms with Gasteiger partial charge < -0.3 is 9.72 Å². The monoisotopic (exact) mass is 517 g/mol. The highest BCUT2D eigenvalue weighted by Crippen LogP contribution is 2.44. The van der Waals surface area contributed by atoms with Crippen molar-refractivity contribution in [3.8, 4) is 5.75 Å². The number of nitrogens with one attached hydrogen (secondary N) is 1. The standard InChI is InChI=1S/C29H35F4N3O/c1-18-11-22-21-7-4-5-8-25(21)34-27(22)28(36(18)17-29(2,3)16-31)26-23(32)12-19(13-24(26)33)37-20-14-35(15-20)10-6-9-30/h4-5,7-8,12-13,18,20,28,34H,6,9-11,14-17H2,1-3H3/t18-,28?/m1/s1. The summed E-state index contributed by atoms with van der Waals surface area (Å²) in [4.78, 5) is 7.50. The fourth-order valence-electron chi connectivity index (χ4n) is 5.75. The minimum Gasteiger partial charge on any atom is -0.488 e. The second-order valence-electron chi connectivity index (χ2n) is 11.3. The molecule has 2 atom stereocenters. The van der Waals surface area contributed by atoms with E-state index < -0.39 is 29.8 Å². The molecule has 3 aromatic rings. The molecule has 2 aliphatic rings. The maximum Gasteiger partial charge on any atom is 0.135 e. The number of likely N-dealkylation sites (tertiary alicyclic amines) is 1. The van der Waals surface area contributed by atoms with E-state index >= 15 is 8.78 Å². The molecule has 0 radical (unpaired) electrons. The van der Waals surface area contributed by atoms with Crippen LogP contribution in [0.3, 0.4) is 0 Å². The first kappa shape index (κ1) is 26.0. The quantitative estimate of drug-likeness (QED) is 0.343. The Kier molecular flexibility index (Phi) is 7.24. The lowest BCUT2D eigenvalue weighted by molar-refractivity contribution is 0.0180. The van der Waals surface area contributed by atoms with Gasteiger partial charge in [0, 0.05) is 71.9 Å². The zero-order chi connectivity index (χ0) is 26.3. The van der Waals surface area contributed by atoms with Gasteiger partial charge in [0.1, 0.15) is 23.5 Å². The molecule has 0 aliphatic carbocycles. The summed E-state index contributed by atoms with van der Waals surface area (Å²) in [5.41, 5.74) is 1.98. The molecule has 37 heavy (non-hydrogen) atoms. The average Bonchev–Trinajstić information content (AvgIpc) is 3.19. The molecule has 0 amide bonds. The maximum atomic E-state index is 15.8. The third-order valence-corrected chi connectivity index (χ3v) is 7.65. The van der Waals surface area contributed by atoms with Gasteiger partial charge in [0.25, 0.3) is 0 Å². The van der Waals surface area contributed by atoms with E-state index in [0.29, 0.717) is 39.0 Å². The van der Waals surface area contributed by atoms with Crippen LogP contribution in [0.5, 0.6) is 5.75 Å². The molecule has 1 aromatic heterocycles. The normalized spacial score (nSPS) is 21.3. The Morgan fingerprint density at radius 3 is 2.46 bits per heavy atom. The zero-order valence-electron chi connectivity index (χ0n) is 21.7. The molecule has 1 unspecified atom stereocenters. The van der Waals surface area contributed by atoms with Crippen molar-refractivity contribution >= 4 is 10.9 Å². The minimum absolute atomic E-state index is 0.0532. The molecule has 2 aliphatic heterocycles. The van der Waals surface area contributed by atoms with Crippen molar-refractivity contribution < 1.29 is 22.3 Å². The number of aromatic amines is 1. The van der Waals surface area contributed by atoms with Gasteiger partial charge in [-0.1, -0.05) is 32.0 Å². The number of hydrogen-bond acceptors (Lipinski definition) is 3. The van der Waals surface area contributed by atoms with Gasteiger partial charge in [-0.25, -0.2) is 8.78 Å². The Hall–Kier alpha value is -2.58. The fraction of sp³-hybridized carbons (Fsp3) is 0.517. The Morgan fingerprint density at radius 2 is 1.78 bits per heavy atom. The summed E-state index contributed by atoms with van der Waals surface area (Å²) >= 11 is 0. The third kappa shape index (κ3) is 5.10. The Morgan fingerprint density at radius 1 is 1.08 bits per heavy atom. The molecule has 3 heterocycles. The smallest absolute Gasteiger partial charge is 0.135 e. The van der Waals surface area contributed by atoms with Crippen LogP contribution in [0.4, 0.5) is 17.6 Å². The summed E-state index contributed by atoms with van der Waals surface area (Å²) < 4.78 is 63.7. The number of aromatic nitrogens is 1. The molecule has 200 valence electrons. The van der Waals surface area contributed by atoms with E-state index in [2.05, 4.69) is 9.88 Å². The minimum atomic E-state index is -0.731. The molecule has 1 saturated heterocycles. The van der Waals surface area contributed by atoms with Gasteiger partial charge in [-0.3, -0.25) is 18.6 Å². The number of benzene rings is 2. The summed E-state index contributed by atoms with van der Waals surface area (Å²) in [6, 6.07) is 9.60. The lowest BCUT2D eigenvalue weighted by atomic mass is 9.85. The Balaban J connectivity index is 1.50. The van der Waals surface area contributed by atoms with Crippen LogP contribution in [0.15, 0.2) is 36.4 Å². The topological polar surface area (TPSA) is 31.5 Å². The van der Waals surface area contributed by atoms with E-state index in [0.717, 1.165) is 22.2 Å². The van der Waals surface area contributed by atoms with Crippen molar-refractivity contribution in [2.45, 2.75) is 51.8 Å². The highest BCUT2D eigenvalue weighted by Gasteiger charge is 2.41. The fourth-order valence-corrected chi connectivity index (χ4v) is 5.75. The van der Waals surface area contributed by atoms with Crippen molar-refractivity contribution in [1.29, 1.82) is 0 Å². The van der Waals surface area contributed by atoms with Crippen LogP contribution in [0.1, 0.15) is 50.1 Å². The first-order valence-electron chi connectivity index (χ1n) is 13.1. The van der Waals surface area contributed by atoms with E-state index in [9.17, 15) is 8.78 Å². The van der Waals surface area contributed by atoms with Crippen LogP contribution in [-0.2, 0) is 6.42 Å². The number of halogens is 4. The van der Waals surface area contributed by atoms with Crippen molar-refractivity contribution in [2.75, 3.05) is 39.5 Å².